The average molecular weight is 272 g/mol. The fourth-order valence-electron chi connectivity index (χ4n) is 1.42. The van der Waals surface area contributed by atoms with Crippen molar-refractivity contribution in [2.45, 2.75) is 13.8 Å². The Hall–Kier alpha value is -1.60. The molecule has 2 amide bonds. The number of aliphatic hydroxyl groups excluding tert-OH is 1. The van der Waals surface area contributed by atoms with E-state index in [9.17, 15) is 9.59 Å². The van der Waals surface area contributed by atoms with E-state index in [1.807, 2.05) is 0 Å². The van der Waals surface area contributed by atoms with Crippen molar-refractivity contribution in [3.05, 3.63) is 16.0 Å². The molecule has 0 saturated heterocycles. The zero-order valence-corrected chi connectivity index (χ0v) is 11.3. The van der Waals surface area contributed by atoms with Gasteiger partial charge in [-0.3, -0.25) is 5.32 Å². The molecule has 0 aliphatic heterocycles. The Morgan fingerprint density at radius 2 is 2.00 bits per heavy atom. The number of carboxylic acid groups (broad SMARTS) is 1. The summed E-state index contributed by atoms with van der Waals surface area (Å²) in [6.45, 7) is 3.57. The topological polar surface area (TPSA) is 89.9 Å². The number of hydrogen-bond acceptors (Lipinski definition) is 4. The predicted octanol–water partition coefficient (Wildman–Crippen LogP) is 1.52. The molecule has 0 fully saturated rings. The monoisotopic (exact) mass is 272 g/mol. The molecule has 0 atom stereocenters. The lowest BCUT2D eigenvalue weighted by Crippen LogP contribution is -2.33. The van der Waals surface area contributed by atoms with Gasteiger partial charge in [0.25, 0.3) is 0 Å². The number of aliphatic hydroxyl groups is 1. The number of rotatable bonds is 4. The van der Waals surface area contributed by atoms with E-state index in [2.05, 4.69) is 5.32 Å². The zero-order valence-electron chi connectivity index (χ0n) is 10.5. The SMILES string of the molecule is Cc1sc(NC(=O)N(C)CCO)c(C(=O)O)c1C. The van der Waals surface area contributed by atoms with Crippen LogP contribution in [-0.4, -0.2) is 47.3 Å². The van der Waals surface area contributed by atoms with Gasteiger partial charge in [-0.15, -0.1) is 11.3 Å². The minimum atomic E-state index is -1.06. The molecule has 0 saturated carbocycles. The number of aryl methyl sites for hydroxylation is 1. The van der Waals surface area contributed by atoms with Gasteiger partial charge in [-0.2, -0.15) is 0 Å². The van der Waals surface area contributed by atoms with Crippen LogP contribution in [0.1, 0.15) is 20.8 Å². The van der Waals surface area contributed by atoms with Crippen LogP contribution < -0.4 is 5.32 Å². The normalized spacial score (nSPS) is 10.2. The van der Waals surface area contributed by atoms with Crippen LogP contribution in [0.25, 0.3) is 0 Å². The van der Waals surface area contributed by atoms with Gasteiger partial charge in [-0.1, -0.05) is 0 Å². The summed E-state index contributed by atoms with van der Waals surface area (Å²) < 4.78 is 0. The number of anilines is 1. The Labute approximate surface area is 109 Å². The third-order valence-corrected chi connectivity index (χ3v) is 3.72. The summed E-state index contributed by atoms with van der Waals surface area (Å²) in [4.78, 5) is 25.0. The first kappa shape index (κ1) is 14.5. The number of carbonyl (C=O) groups is 2. The van der Waals surface area contributed by atoms with Gasteiger partial charge >= 0.3 is 12.0 Å². The molecule has 6 nitrogen and oxygen atoms in total. The molecule has 1 heterocycles. The molecule has 0 radical (unpaired) electrons. The van der Waals surface area contributed by atoms with Gasteiger partial charge in [-0.25, -0.2) is 9.59 Å². The Bertz CT molecular complexity index is 470. The third kappa shape index (κ3) is 2.99. The van der Waals surface area contributed by atoms with E-state index < -0.39 is 12.0 Å². The number of thiophene rings is 1. The lowest BCUT2D eigenvalue weighted by atomic mass is 10.1. The highest BCUT2D eigenvalue weighted by molar-refractivity contribution is 7.16. The van der Waals surface area contributed by atoms with Gasteiger partial charge in [0.15, 0.2) is 0 Å². The number of hydrogen-bond donors (Lipinski definition) is 3. The first-order valence-corrected chi connectivity index (χ1v) is 6.16. The van der Waals surface area contributed by atoms with Crippen molar-refractivity contribution in [2.24, 2.45) is 0 Å². The number of aromatic carboxylic acids is 1. The largest absolute Gasteiger partial charge is 0.478 e. The summed E-state index contributed by atoms with van der Waals surface area (Å²) in [5.41, 5.74) is 0.788. The van der Waals surface area contributed by atoms with Crippen LogP contribution in [0.15, 0.2) is 0 Å². The summed E-state index contributed by atoms with van der Waals surface area (Å²) in [6, 6.07) is -0.437. The molecule has 1 aromatic rings. The van der Waals surface area contributed by atoms with Crippen LogP contribution in [-0.2, 0) is 0 Å². The molecule has 18 heavy (non-hydrogen) atoms. The molecule has 1 aromatic heterocycles. The number of nitrogens with one attached hydrogen (secondary N) is 1. The minimum Gasteiger partial charge on any atom is -0.478 e. The van der Waals surface area contributed by atoms with Crippen molar-refractivity contribution in [1.29, 1.82) is 0 Å². The number of carbonyl (C=O) groups excluding carboxylic acids is 1. The number of likely N-dealkylation sites (N-methyl/N-ethyl adjacent to an activating group) is 1. The van der Waals surface area contributed by atoms with Crippen LogP contribution >= 0.6 is 11.3 Å². The molecule has 1 rings (SSSR count). The van der Waals surface area contributed by atoms with Gasteiger partial charge in [0.1, 0.15) is 5.00 Å². The summed E-state index contributed by atoms with van der Waals surface area (Å²) in [5, 5.41) is 20.7. The van der Waals surface area contributed by atoms with Crippen molar-refractivity contribution >= 4 is 28.3 Å². The second-order valence-corrected chi connectivity index (χ2v) is 5.09. The van der Waals surface area contributed by atoms with Crippen molar-refractivity contribution in [2.75, 3.05) is 25.5 Å². The van der Waals surface area contributed by atoms with Gasteiger partial charge in [0, 0.05) is 18.5 Å². The maximum atomic E-state index is 11.7. The molecule has 100 valence electrons. The van der Waals surface area contributed by atoms with Crippen LogP contribution in [0, 0.1) is 13.8 Å². The van der Waals surface area contributed by atoms with E-state index in [4.69, 9.17) is 10.2 Å². The molecule has 7 heteroatoms. The summed E-state index contributed by atoms with van der Waals surface area (Å²) >= 11 is 1.23. The van der Waals surface area contributed by atoms with E-state index >= 15 is 0 Å². The van der Waals surface area contributed by atoms with E-state index in [0.717, 1.165) is 4.88 Å². The molecular weight excluding hydrogens is 256 g/mol. The van der Waals surface area contributed by atoms with E-state index in [1.165, 1.54) is 23.3 Å². The Morgan fingerprint density at radius 3 is 2.50 bits per heavy atom. The third-order valence-electron chi connectivity index (χ3n) is 2.60. The van der Waals surface area contributed by atoms with Crippen molar-refractivity contribution < 1.29 is 19.8 Å². The smallest absolute Gasteiger partial charge is 0.338 e. The highest BCUT2D eigenvalue weighted by Crippen LogP contribution is 2.32. The second kappa shape index (κ2) is 5.83. The number of nitrogens with zero attached hydrogens (tertiary/aromatic N) is 1. The number of carboxylic acids is 1. The summed E-state index contributed by atoms with van der Waals surface area (Å²) in [6.07, 6.45) is 0. The first-order valence-electron chi connectivity index (χ1n) is 5.34. The maximum absolute atomic E-state index is 11.7. The molecule has 0 aromatic carbocycles. The minimum absolute atomic E-state index is 0.128. The Balaban J connectivity index is 2.94. The highest BCUT2D eigenvalue weighted by atomic mass is 32.1. The first-order chi connectivity index (χ1) is 8.38. The molecule has 0 aliphatic carbocycles. The predicted molar refractivity (Wildman–Crippen MR) is 69.5 cm³/mol. The van der Waals surface area contributed by atoms with Gasteiger partial charge in [-0.05, 0) is 19.4 Å². The van der Waals surface area contributed by atoms with Crippen molar-refractivity contribution in [1.82, 2.24) is 4.90 Å². The number of amides is 2. The molecule has 0 unspecified atom stereocenters. The van der Waals surface area contributed by atoms with E-state index in [1.54, 1.807) is 13.8 Å². The standard InChI is InChI=1S/C11H16N2O4S/c1-6-7(2)18-9(8(6)10(15)16)12-11(17)13(3)4-5-14/h14H,4-5H2,1-3H3,(H,12,17)(H,15,16). The molecule has 3 N–H and O–H groups in total. The van der Waals surface area contributed by atoms with E-state index in [-0.39, 0.29) is 18.7 Å². The van der Waals surface area contributed by atoms with Crippen molar-refractivity contribution in [3.8, 4) is 0 Å². The second-order valence-electron chi connectivity index (χ2n) is 3.87. The van der Waals surface area contributed by atoms with Gasteiger partial charge < -0.3 is 15.1 Å². The van der Waals surface area contributed by atoms with Crippen LogP contribution in [0.5, 0.6) is 0 Å². The number of urea groups is 1. The van der Waals surface area contributed by atoms with Crippen LogP contribution in [0.3, 0.4) is 0 Å². The molecule has 0 bridgehead atoms. The summed E-state index contributed by atoms with van der Waals surface area (Å²) in [5.74, 6) is -1.06. The fourth-order valence-corrected chi connectivity index (χ4v) is 2.46. The quantitative estimate of drug-likeness (QED) is 0.775. The van der Waals surface area contributed by atoms with E-state index in [0.29, 0.717) is 10.6 Å². The average Bonchev–Trinajstić information content (AvgIpc) is 2.54. The van der Waals surface area contributed by atoms with Gasteiger partial charge in [0.05, 0.1) is 12.2 Å². The van der Waals surface area contributed by atoms with Crippen LogP contribution in [0.2, 0.25) is 0 Å². The Morgan fingerprint density at radius 1 is 1.39 bits per heavy atom. The summed E-state index contributed by atoms with van der Waals surface area (Å²) in [7, 11) is 1.53. The molecule has 0 spiro atoms. The Kier molecular flexibility index (Phi) is 4.69. The highest BCUT2D eigenvalue weighted by Gasteiger charge is 2.21. The lowest BCUT2D eigenvalue weighted by Gasteiger charge is -2.16. The van der Waals surface area contributed by atoms with Crippen molar-refractivity contribution in [3.63, 3.8) is 0 Å². The molecular formula is C11H16N2O4S. The lowest BCUT2D eigenvalue weighted by molar-refractivity contribution is 0.0697. The van der Waals surface area contributed by atoms with Gasteiger partial charge in [0.2, 0.25) is 0 Å². The molecule has 0 aliphatic rings. The van der Waals surface area contributed by atoms with Crippen LogP contribution in [0.4, 0.5) is 9.80 Å². The maximum Gasteiger partial charge on any atom is 0.338 e. The fraction of sp³-hybridized carbons (Fsp3) is 0.455. The zero-order chi connectivity index (χ0) is 13.9.